The van der Waals surface area contributed by atoms with E-state index < -0.39 is 0 Å². The highest BCUT2D eigenvalue weighted by molar-refractivity contribution is 6.31. The first kappa shape index (κ1) is 13.8. The highest BCUT2D eigenvalue weighted by Crippen LogP contribution is 2.37. The Labute approximate surface area is 114 Å². The number of halogens is 1. The normalized spacial score (nSPS) is 25.3. The van der Waals surface area contributed by atoms with E-state index in [1.165, 1.54) is 0 Å². The monoisotopic (exact) mass is 268 g/mol. The maximum Gasteiger partial charge on any atom is 0.0787 e. The third kappa shape index (κ3) is 3.02. The molecule has 1 aliphatic heterocycles. The number of rotatable bonds is 3. The largest absolute Gasteiger partial charge is 0.368 e. The molecular formula is C14H21ClN2O. The predicted octanol–water partition coefficient (Wildman–Crippen LogP) is 3.17. The molecule has 0 amide bonds. The first-order chi connectivity index (χ1) is 8.30. The van der Waals surface area contributed by atoms with Crippen LogP contribution in [-0.2, 0) is 11.3 Å². The van der Waals surface area contributed by atoms with Gasteiger partial charge in [-0.05, 0) is 45.7 Å². The lowest BCUT2D eigenvalue weighted by Crippen LogP contribution is -2.42. The summed E-state index contributed by atoms with van der Waals surface area (Å²) in [5.74, 6) is 0. The Hall–Kier alpha value is -0.640. The average Bonchev–Trinajstić information content (AvgIpc) is 2.45. The summed E-state index contributed by atoms with van der Waals surface area (Å²) in [5.41, 5.74) is 0.860. The van der Waals surface area contributed by atoms with Crippen molar-refractivity contribution in [3.05, 3.63) is 29.0 Å². The molecule has 2 rings (SSSR count). The molecular weight excluding hydrogens is 248 g/mol. The first-order valence-electron chi connectivity index (χ1n) is 6.32. The van der Waals surface area contributed by atoms with Crippen LogP contribution in [0.2, 0.25) is 5.02 Å². The van der Waals surface area contributed by atoms with Gasteiger partial charge in [0, 0.05) is 25.0 Å². The fraction of sp³-hybridized carbons (Fsp3) is 0.643. The number of hydrogen-bond donors (Lipinski definition) is 1. The van der Waals surface area contributed by atoms with Crippen molar-refractivity contribution in [3.63, 3.8) is 0 Å². The third-order valence-corrected chi connectivity index (χ3v) is 3.81. The van der Waals surface area contributed by atoms with E-state index in [4.69, 9.17) is 16.3 Å². The van der Waals surface area contributed by atoms with Crippen LogP contribution >= 0.6 is 11.6 Å². The van der Waals surface area contributed by atoms with Crippen LogP contribution in [0.3, 0.4) is 0 Å². The summed E-state index contributed by atoms with van der Waals surface area (Å²) >= 11 is 6.10. The third-order valence-electron chi connectivity index (χ3n) is 3.47. The van der Waals surface area contributed by atoms with Gasteiger partial charge >= 0.3 is 0 Å². The van der Waals surface area contributed by atoms with Crippen molar-refractivity contribution in [1.29, 1.82) is 0 Å². The SMILES string of the molecule is CC1(C)CC(NCc2ccncc2Cl)C(C)(C)O1. The van der Waals surface area contributed by atoms with Gasteiger partial charge in [0.25, 0.3) is 0 Å². The van der Waals surface area contributed by atoms with Crippen LogP contribution in [0.5, 0.6) is 0 Å². The molecule has 1 fully saturated rings. The maximum atomic E-state index is 6.10. The van der Waals surface area contributed by atoms with Gasteiger partial charge in [0.1, 0.15) is 0 Å². The van der Waals surface area contributed by atoms with Crippen LogP contribution in [0.15, 0.2) is 18.5 Å². The molecule has 3 nitrogen and oxygen atoms in total. The van der Waals surface area contributed by atoms with E-state index in [1.807, 2.05) is 6.07 Å². The second-order valence-electron chi connectivity index (χ2n) is 6.07. The molecule has 1 aromatic rings. The lowest BCUT2D eigenvalue weighted by molar-refractivity contribution is -0.0699. The van der Waals surface area contributed by atoms with E-state index in [-0.39, 0.29) is 11.2 Å². The van der Waals surface area contributed by atoms with Crippen molar-refractivity contribution in [2.45, 2.75) is 57.9 Å². The van der Waals surface area contributed by atoms with Gasteiger partial charge in [0.2, 0.25) is 0 Å². The molecule has 2 heterocycles. The summed E-state index contributed by atoms with van der Waals surface area (Å²) in [4.78, 5) is 3.99. The minimum absolute atomic E-state index is 0.0663. The molecule has 4 heteroatoms. The summed E-state index contributed by atoms with van der Waals surface area (Å²) in [5, 5.41) is 4.26. The maximum absolute atomic E-state index is 6.10. The van der Waals surface area contributed by atoms with Crippen molar-refractivity contribution in [1.82, 2.24) is 10.3 Å². The molecule has 18 heavy (non-hydrogen) atoms. The van der Waals surface area contributed by atoms with Crippen molar-refractivity contribution in [2.24, 2.45) is 0 Å². The topological polar surface area (TPSA) is 34.2 Å². The van der Waals surface area contributed by atoms with Gasteiger partial charge in [-0.1, -0.05) is 11.6 Å². The molecule has 0 bridgehead atoms. The molecule has 1 atom stereocenters. The number of hydrogen-bond acceptors (Lipinski definition) is 3. The van der Waals surface area contributed by atoms with Crippen LogP contribution < -0.4 is 5.32 Å². The van der Waals surface area contributed by atoms with E-state index >= 15 is 0 Å². The Kier molecular flexibility index (Phi) is 3.67. The summed E-state index contributed by atoms with van der Waals surface area (Å²) in [7, 11) is 0. The van der Waals surface area contributed by atoms with Gasteiger partial charge < -0.3 is 10.1 Å². The summed E-state index contributed by atoms with van der Waals surface area (Å²) in [6.07, 6.45) is 4.45. The second-order valence-corrected chi connectivity index (χ2v) is 6.48. The number of aromatic nitrogens is 1. The Morgan fingerprint density at radius 1 is 1.44 bits per heavy atom. The van der Waals surface area contributed by atoms with Gasteiger partial charge in [-0.15, -0.1) is 0 Å². The molecule has 0 aromatic carbocycles. The number of nitrogens with zero attached hydrogens (tertiary/aromatic N) is 1. The van der Waals surface area contributed by atoms with E-state index in [0.717, 1.165) is 18.5 Å². The molecule has 0 spiro atoms. The van der Waals surface area contributed by atoms with Gasteiger partial charge in [0.05, 0.1) is 16.2 Å². The van der Waals surface area contributed by atoms with Gasteiger partial charge in [-0.3, -0.25) is 4.98 Å². The molecule has 1 aromatic heterocycles. The average molecular weight is 269 g/mol. The molecule has 100 valence electrons. The van der Waals surface area contributed by atoms with Crippen molar-refractivity contribution in [3.8, 4) is 0 Å². The first-order valence-corrected chi connectivity index (χ1v) is 6.70. The van der Waals surface area contributed by atoms with Gasteiger partial charge in [-0.2, -0.15) is 0 Å². The molecule has 1 unspecified atom stereocenters. The van der Waals surface area contributed by atoms with Crippen LogP contribution in [0.4, 0.5) is 0 Å². The van der Waals surface area contributed by atoms with E-state index in [0.29, 0.717) is 11.1 Å². The number of pyridine rings is 1. The zero-order chi connectivity index (χ0) is 13.4. The highest BCUT2D eigenvalue weighted by atomic mass is 35.5. The Bertz CT molecular complexity index is 432. The minimum atomic E-state index is -0.150. The van der Waals surface area contributed by atoms with Crippen molar-refractivity contribution < 1.29 is 4.74 Å². The molecule has 0 aliphatic carbocycles. The Morgan fingerprint density at radius 3 is 2.72 bits per heavy atom. The summed E-state index contributed by atoms with van der Waals surface area (Å²) < 4.78 is 6.06. The van der Waals surface area contributed by atoms with E-state index in [2.05, 4.69) is 38.0 Å². The van der Waals surface area contributed by atoms with E-state index in [1.54, 1.807) is 12.4 Å². The number of ether oxygens (including phenoxy) is 1. The highest BCUT2D eigenvalue weighted by Gasteiger charge is 2.45. The standard InChI is InChI=1S/C14H21ClN2O/c1-13(2)7-12(14(3,4)18-13)17-8-10-5-6-16-9-11(10)15/h5-6,9,12,17H,7-8H2,1-4H3. The number of nitrogens with one attached hydrogen (secondary N) is 1. The van der Waals surface area contributed by atoms with Crippen LogP contribution in [0.1, 0.15) is 39.7 Å². The summed E-state index contributed by atoms with van der Waals surface area (Å²) in [6.45, 7) is 9.28. The predicted molar refractivity (Wildman–Crippen MR) is 73.7 cm³/mol. The smallest absolute Gasteiger partial charge is 0.0787 e. The fourth-order valence-electron chi connectivity index (χ4n) is 2.66. The molecule has 1 N–H and O–H groups in total. The van der Waals surface area contributed by atoms with Crippen LogP contribution in [0, 0.1) is 0 Å². The molecule has 1 saturated heterocycles. The van der Waals surface area contributed by atoms with Crippen LogP contribution in [-0.4, -0.2) is 22.2 Å². The lowest BCUT2D eigenvalue weighted by atomic mass is 9.94. The zero-order valence-electron chi connectivity index (χ0n) is 11.5. The van der Waals surface area contributed by atoms with E-state index in [9.17, 15) is 0 Å². The minimum Gasteiger partial charge on any atom is -0.368 e. The molecule has 0 radical (unpaired) electrons. The molecule has 1 aliphatic rings. The van der Waals surface area contributed by atoms with Gasteiger partial charge in [-0.25, -0.2) is 0 Å². The Balaban J connectivity index is 2.01. The van der Waals surface area contributed by atoms with Crippen molar-refractivity contribution in [2.75, 3.05) is 0 Å². The fourth-order valence-corrected chi connectivity index (χ4v) is 2.85. The summed E-state index contributed by atoms with van der Waals surface area (Å²) in [6, 6.07) is 2.28. The second kappa shape index (κ2) is 4.80. The van der Waals surface area contributed by atoms with Crippen LogP contribution in [0.25, 0.3) is 0 Å². The van der Waals surface area contributed by atoms with Gasteiger partial charge in [0.15, 0.2) is 0 Å². The van der Waals surface area contributed by atoms with Crippen molar-refractivity contribution >= 4 is 11.6 Å². The lowest BCUT2D eigenvalue weighted by Gasteiger charge is -2.28. The quantitative estimate of drug-likeness (QED) is 0.914. The zero-order valence-corrected chi connectivity index (χ0v) is 12.2. The Morgan fingerprint density at radius 2 is 2.17 bits per heavy atom. The molecule has 0 saturated carbocycles.